The van der Waals surface area contributed by atoms with Crippen LogP contribution in [-0.4, -0.2) is 66.9 Å². The van der Waals surface area contributed by atoms with E-state index >= 15 is 0 Å². The molecule has 1 aliphatic carbocycles. The maximum Gasteiger partial charge on any atom is 0.238 e. The number of nitrogens with one attached hydrogen (secondary N) is 2. The highest BCUT2D eigenvalue weighted by Gasteiger charge is 2.25. The van der Waals surface area contributed by atoms with Crippen molar-refractivity contribution in [3.8, 4) is 0 Å². The van der Waals surface area contributed by atoms with Crippen molar-refractivity contribution in [3.63, 3.8) is 0 Å². The first kappa shape index (κ1) is 18.5. The van der Waals surface area contributed by atoms with Gasteiger partial charge in [0, 0.05) is 37.2 Å². The maximum absolute atomic E-state index is 12.2. The predicted octanol–water partition coefficient (Wildman–Crippen LogP) is 1.83. The molecule has 1 saturated carbocycles. The number of piperazine rings is 1. The summed E-state index contributed by atoms with van der Waals surface area (Å²) in [5, 5.41) is 6.76. The average molecular weight is 385 g/mol. The number of hydrogen-bond acceptors (Lipinski definition) is 4. The fraction of sp³-hybridized carbons (Fsp3) is 0.529. The molecule has 0 atom stereocenters. The zero-order chi connectivity index (χ0) is 17.8. The highest BCUT2D eigenvalue weighted by molar-refractivity contribution is 6.36. The topological polar surface area (TPSA) is 64.7 Å². The van der Waals surface area contributed by atoms with Crippen LogP contribution in [-0.2, 0) is 9.59 Å². The lowest BCUT2D eigenvalue weighted by Gasteiger charge is -2.33. The molecule has 1 aromatic carbocycles. The number of halogens is 2. The summed E-state index contributed by atoms with van der Waals surface area (Å²) in [6.45, 7) is 3.84. The standard InChI is InChI=1S/C17H22Cl2N4O2/c18-12-1-4-15(14(19)9-12)21-17(25)11-23-7-5-22(6-8-23)10-16(24)20-13-2-3-13/h1,4,9,13H,2-3,5-8,10-11H2,(H,20,24)(H,21,25). The third kappa shape index (κ3) is 5.85. The lowest BCUT2D eigenvalue weighted by Crippen LogP contribution is -2.51. The van der Waals surface area contributed by atoms with E-state index in [0.717, 1.165) is 39.0 Å². The van der Waals surface area contributed by atoms with Crippen molar-refractivity contribution in [1.29, 1.82) is 0 Å². The van der Waals surface area contributed by atoms with Gasteiger partial charge in [0.2, 0.25) is 11.8 Å². The van der Waals surface area contributed by atoms with Crippen molar-refractivity contribution in [2.45, 2.75) is 18.9 Å². The Kier molecular flexibility index (Phi) is 6.17. The maximum atomic E-state index is 12.2. The van der Waals surface area contributed by atoms with Gasteiger partial charge in [-0.1, -0.05) is 23.2 Å². The third-order valence-corrected chi connectivity index (χ3v) is 4.89. The van der Waals surface area contributed by atoms with Gasteiger partial charge in [-0.25, -0.2) is 0 Å². The van der Waals surface area contributed by atoms with Crippen LogP contribution < -0.4 is 10.6 Å². The van der Waals surface area contributed by atoms with Gasteiger partial charge < -0.3 is 10.6 Å². The number of carbonyl (C=O) groups is 2. The summed E-state index contributed by atoms with van der Waals surface area (Å²) in [5.74, 6) is -0.00442. The van der Waals surface area contributed by atoms with Crippen LogP contribution >= 0.6 is 23.2 Å². The largest absolute Gasteiger partial charge is 0.352 e. The number of hydrogen-bond donors (Lipinski definition) is 2. The van der Waals surface area contributed by atoms with E-state index in [4.69, 9.17) is 23.2 Å². The van der Waals surface area contributed by atoms with E-state index in [1.54, 1.807) is 18.2 Å². The zero-order valence-corrected chi connectivity index (χ0v) is 15.4. The van der Waals surface area contributed by atoms with Gasteiger partial charge in [0.05, 0.1) is 23.8 Å². The summed E-state index contributed by atoms with van der Waals surface area (Å²) < 4.78 is 0. The van der Waals surface area contributed by atoms with Gasteiger partial charge in [0.15, 0.2) is 0 Å². The summed E-state index contributed by atoms with van der Waals surface area (Å²) in [6.07, 6.45) is 2.21. The molecule has 2 fully saturated rings. The molecule has 3 rings (SSSR count). The highest BCUT2D eigenvalue weighted by Crippen LogP contribution is 2.25. The van der Waals surface area contributed by atoms with Gasteiger partial charge in [-0.05, 0) is 31.0 Å². The van der Waals surface area contributed by atoms with Gasteiger partial charge in [-0.3, -0.25) is 19.4 Å². The minimum absolute atomic E-state index is 0.103. The molecule has 0 unspecified atom stereocenters. The summed E-state index contributed by atoms with van der Waals surface area (Å²) in [4.78, 5) is 28.2. The van der Waals surface area contributed by atoms with Crippen LogP contribution in [0.4, 0.5) is 5.69 Å². The van der Waals surface area contributed by atoms with Crippen LogP contribution in [0.5, 0.6) is 0 Å². The molecule has 0 aromatic heterocycles. The molecule has 1 aliphatic heterocycles. The van der Waals surface area contributed by atoms with Crippen LogP contribution in [0, 0.1) is 0 Å². The second-order valence-electron chi connectivity index (χ2n) is 6.57. The SMILES string of the molecule is O=C(CN1CCN(CC(=O)NC2CC2)CC1)Nc1ccc(Cl)cc1Cl. The summed E-state index contributed by atoms with van der Waals surface area (Å²) >= 11 is 11.9. The summed E-state index contributed by atoms with van der Waals surface area (Å²) in [5.41, 5.74) is 0.562. The molecule has 8 heteroatoms. The quantitative estimate of drug-likeness (QED) is 0.784. The Morgan fingerprint density at radius 1 is 1.00 bits per heavy atom. The van der Waals surface area contributed by atoms with Crippen LogP contribution in [0.3, 0.4) is 0 Å². The first-order valence-corrected chi connectivity index (χ1v) is 9.24. The van der Waals surface area contributed by atoms with E-state index in [1.165, 1.54) is 0 Å². The minimum Gasteiger partial charge on any atom is -0.352 e. The second kappa shape index (κ2) is 8.36. The Morgan fingerprint density at radius 2 is 1.60 bits per heavy atom. The van der Waals surface area contributed by atoms with Crippen molar-refractivity contribution < 1.29 is 9.59 Å². The lowest BCUT2D eigenvalue weighted by atomic mass is 10.3. The molecule has 0 bridgehead atoms. The molecule has 6 nitrogen and oxygen atoms in total. The van der Waals surface area contributed by atoms with Crippen molar-refractivity contribution in [3.05, 3.63) is 28.2 Å². The molecule has 2 aliphatic rings. The van der Waals surface area contributed by atoms with E-state index in [1.807, 2.05) is 0 Å². The molecule has 1 heterocycles. The van der Waals surface area contributed by atoms with Gasteiger partial charge in [0.25, 0.3) is 0 Å². The van der Waals surface area contributed by atoms with E-state index in [2.05, 4.69) is 20.4 Å². The Hall–Kier alpha value is -1.34. The molecular formula is C17H22Cl2N4O2. The molecule has 136 valence electrons. The average Bonchev–Trinajstić information content (AvgIpc) is 3.36. The number of carbonyl (C=O) groups excluding carboxylic acids is 2. The van der Waals surface area contributed by atoms with Crippen molar-refractivity contribution >= 4 is 40.7 Å². The predicted molar refractivity (Wildman–Crippen MR) is 99.1 cm³/mol. The Bertz CT molecular complexity index is 644. The highest BCUT2D eigenvalue weighted by atomic mass is 35.5. The van der Waals surface area contributed by atoms with Gasteiger partial charge >= 0.3 is 0 Å². The van der Waals surface area contributed by atoms with E-state index in [-0.39, 0.29) is 11.8 Å². The molecule has 2 N–H and O–H groups in total. The van der Waals surface area contributed by atoms with Crippen molar-refractivity contribution in [1.82, 2.24) is 15.1 Å². The first-order chi connectivity index (χ1) is 12.0. The van der Waals surface area contributed by atoms with Crippen LogP contribution in [0.1, 0.15) is 12.8 Å². The smallest absolute Gasteiger partial charge is 0.238 e. The zero-order valence-electron chi connectivity index (χ0n) is 13.9. The monoisotopic (exact) mass is 384 g/mol. The minimum atomic E-state index is -0.107. The normalized spacial score (nSPS) is 18.8. The van der Waals surface area contributed by atoms with Gasteiger partial charge in [-0.15, -0.1) is 0 Å². The number of anilines is 1. The molecule has 1 saturated heterocycles. The number of amides is 2. The van der Waals surface area contributed by atoms with Crippen molar-refractivity contribution in [2.24, 2.45) is 0 Å². The van der Waals surface area contributed by atoms with Gasteiger partial charge in [0.1, 0.15) is 0 Å². The molecule has 2 amide bonds. The second-order valence-corrected chi connectivity index (χ2v) is 7.41. The first-order valence-electron chi connectivity index (χ1n) is 8.48. The van der Waals surface area contributed by atoms with Crippen LogP contribution in [0.15, 0.2) is 18.2 Å². The third-order valence-electron chi connectivity index (χ3n) is 4.35. The van der Waals surface area contributed by atoms with Crippen molar-refractivity contribution in [2.75, 3.05) is 44.6 Å². The molecule has 0 spiro atoms. The summed E-state index contributed by atoms with van der Waals surface area (Å²) in [6, 6.07) is 5.38. The fourth-order valence-electron chi connectivity index (χ4n) is 2.79. The van der Waals surface area contributed by atoms with Gasteiger partial charge in [-0.2, -0.15) is 0 Å². The molecule has 0 radical (unpaired) electrons. The Labute approximate surface area is 157 Å². The summed E-state index contributed by atoms with van der Waals surface area (Å²) in [7, 11) is 0. The van der Waals surface area contributed by atoms with E-state index in [0.29, 0.717) is 34.9 Å². The number of benzene rings is 1. The Balaban J connectivity index is 1.39. The van der Waals surface area contributed by atoms with Crippen LogP contribution in [0.2, 0.25) is 10.0 Å². The fourth-order valence-corrected chi connectivity index (χ4v) is 3.25. The van der Waals surface area contributed by atoms with Crippen LogP contribution in [0.25, 0.3) is 0 Å². The Morgan fingerprint density at radius 3 is 2.16 bits per heavy atom. The molecular weight excluding hydrogens is 363 g/mol. The number of nitrogens with zero attached hydrogens (tertiary/aromatic N) is 2. The van der Waals surface area contributed by atoms with E-state index < -0.39 is 0 Å². The lowest BCUT2D eigenvalue weighted by molar-refractivity contribution is -0.123. The van der Waals surface area contributed by atoms with E-state index in [9.17, 15) is 9.59 Å². The molecule has 25 heavy (non-hydrogen) atoms. The molecule has 1 aromatic rings. The number of rotatable bonds is 6.